The van der Waals surface area contributed by atoms with Crippen molar-refractivity contribution in [2.45, 2.75) is 51.3 Å². The number of rotatable bonds is 9. The summed E-state index contributed by atoms with van der Waals surface area (Å²) in [5.41, 5.74) is 2.31. The summed E-state index contributed by atoms with van der Waals surface area (Å²) in [6.07, 6.45) is 4.17. The fourth-order valence-corrected chi connectivity index (χ4v) is 9.29. The van der Waals surface area contributed by atoms with Crippen LogP contribution in [0.4, 0.5) is 0 Å². The summed E-state index contributed by atoms with van der Waals surface area (Å²) in [5.74, 6) is 0. The van der Waals surface area contributed by atoms with Crippen molar-refractivity contribution in [3.05, 3.63) is 73.4 Å². The molecule has 5 heteroatoms. The number of hydrogen-bond acceptors (Lipinski definition) is 3. The van der Waals surface area contributed by atoms with Crippen LogP contribution in [0, 0.1) is 10.5 Å². The first-order valence-corrected chi connectivity index (χ1v) is 13.5. The number of allylic oxidation sites excluding steroid dienone is 1. The van der Waals surface area contributed by atoms with Crippen molar-refractivity contribution < 1.29 is 10.9 Å². The van der Waals surface area contributed by atoms with E-state index in [0.29, 0.717) is 0 Å². The third-order valence-electron chi connectivity index (χ3n) is 3.97. The standard InChI is InChI=1S/C21H27IO3S/c1-4-6-10-19(5-2)17-22(20-11-8-7-9-12-20)25-26(23,24)21-15-13-18(3)14-16-21/h7-9,11-17H,4-6,10H2,1-3H3/b19-17-. The Morgan fingerprint density at radius 1 is 1.04 bits per heavy atom. The topological polar surface area (TPSA) is 43.4 Å². The van der Waals surface area contributed by atoms with Crippen molar-refractivity contribution in [1.29, 1.82) is 0 Å². The van der Waals surface area contributed by atoms with Gasteiger partial charge in [0.1, 0.15) is 0 Å². The van der Waals surface area contributed by atoms with E-state index >= 15 is 0 Å². The average molecular weight is 486 g/mol. The first-order valence-electron chi connectivity index (χ1n) is 8.91. The van der Waals surface area contributed by atoms with Crippen LogP contribution in [0.15, 0.2) is 69.1 Å². The first kappa shape index (κ1) is 21.1. The van der Waals surface area contributed by atoms with Crippen LogP contribution < -0.4 is 0 Å². The average Bonchev–Trinajstić information content (AvgIpc) is 2.65. The van der Waals surface area contributed by atoms with Crippen LogP contribution in [0.1, 0.15) is 45.1 Å². The minimum atomic E-state index is -3.77. The van der Waals surface area contributed by atoms with Gasteiger partial charge in [-0.15, -0.1) is 0 Å². The molecule has 0 fully saturated rings. The molecular formula is C21H27IO3S. The van der Waals surface area contributed by atoms with Gasteiger partial charge in [-0.2, -0.15) is 0 Å². The maximum atomic E-state index is 12.8. The molecule has 0 atom stereocenters. The zero-order valence-corrected chi connectivity index (χ0v) is 18.6. The molecule has 0 radical (unpaired) electrons. The van der Waals surface area contributed by atoms with E-state index in [9.17, 15) is 8.42 Å². The van der Waals surface area contributed by atoms with Gasteiger partial charge in [0.05, 0.1) is 0 Å². The van der Waals surface area contributed by atoms with Crippen molar-refractivity contribution in [3.63, 3.8) is 0 Å². The van der Waals surface area contributed by atoms with Crippen LogP contribution >= 0.6 is 20.2 Å². The monoisotopic (exact) mass is 486 g/mol. The second-order valence-corrected chi connectivity index (χ2v) is 12.2. The molecule has 0 unspecified atom stereocenters. The molecule has 0 bridgehead atoms. The fraction of sp³-hybridized carbons (Fsp3) is 0.333. The predicted octanol–water partition coefficient (Wildman–Crippen LogP) is 6.48. The first-order chi connectivity index (χ1) is 12.5. The molecule has 142 valence electrons. The summed E-state index contributed by atoms with van der Waals surface area (Å²) >= 11 is -2.48. The molecule has 3 nitrogen and oxygen atoms in total. The van der Waals surface area contributed by atoms with E-state index in [-0.39, 0.29) is 4.90 Å². The molecule has 2 aromatic rings. The van der Waals surface area contributed by atoms with Gasteiger partial charge in [0.2, 0.25) is 0 Å². The SMILES string of the molecule is CCCC/C(=C\I(OS(=O)(=O)c1ccc(C)cc1)c1ccccc1)CC. The van der Waals surface area contributed by atoms with Crippen LogP contribution in [0.3, 0.4) is 0 Å². The molecule has 0 saturated heterocycles. The van der Waals surface area contributed by atoms with E-state index in [1.165, 1.54) is 5.57 Å². The Labute approximate surface area is 165 Å². The van der Waals surface area contributed by atoms with Gasteiger partial charge in [0.25, 0.3) is 0 Å². The number of aryl methyl sites for hydroxylation is 1. The van der Waals surface area contributed by atoms with Crippen molar-refractivity contribution in [2.75, 3.05) is 0 Å². The summed E-state index contributed by atoms with van der Waals surface area (Å²) < 4.78 is 34.5. The third kappa shape index (κ3) is 6.21. The number of halogens is 1. The molecule has 0 amide bonds. The van der Waals surface area contributed by atoms with E-state index < -0.39 is 30.4 Å². The van der Waals surface area contributed by atoms with Crippen molar-refractivity contribution in [3.8, 4) is 0 Å². The van der Waals surface area contributed by atoms with E-state index in [2.05, 4.69) is 17.9 Å². The number of hydrogen-bond donors (Lipinski definition) is 0. The van der Waals surface area contributed by atoms with Gasteiger partial charge in [0.15, 0.2) is 0 Å². The van der Waals surface area contributed by atoms with Gasteiger partial charge in [-0.1, -0.05) is 0 Å². The number of unbranched alkanes of at least 4 members (excludes halogenated alkanes) is 1. The molecule has 0 aliphatic rings. The van der Waals surface area contributed by atoms with Gasteiger partial charge < -0.3 is 0 Å². The summed E-state index contributed by atoms with van der Waals surface area (Å²) in [7, 11) is -3.77. The zero-order valence-electron chi connectivity index (χ0n) is 15.6. The molecule has 0 N–H and O–H groups in total. The maximum absolute atomic E-state index is 12.8. The molecule has 0 spiro atoms. The quantitative estimate of drug-likeness (QED) is 0.382. The van der Waals surface area contributed by atoms with Gasteiger partial charge in [-0.05, 0) is 0 Å². The summed E-state index contributed by atoms with van der Waals surface area (Å²) in [6, 6.07) is 16.6. The zero-order chi connectivity index (χ0) is 19.0. The van der Waals surface area contributed by atoms with Crippen molar-refractivity contribution in [1.82, 2.24) is 0 Å². The molecular weight excluding hydrogens is 459 g/mol. The second-order valence-electron chi connectivity index (χ2n) is 6.13. The van der Waals surface area contributed by atoms with Gasteiger partial charge in [-0.25, -0.2) is 0 Å². The van der Waals surface area contributed by atoms with Crippen molar-refractivity contribution in [2.24, 2.45) is 0 Å². The molecule has 2 aromatic carbocycles. The Morgan fingerprint density at radius 2 is 1.69 bits per heavy atom. The Hall–Kier alpha value is -1.18. The summed E-state index contributed by atoms with van der Waals surface area (Å²) in [5, 5.41) is 0. The van der Waals surface area contributed by atoms with Crippen LogP contribution in [0.25, 0.3) is 0 Å². The number of benzene rings is 2. The van der Waals surface area contributed by atoms with Gasteiger partial charge >= 0.3 is 166 Å². The molecule has 2 rings (SSSR count). The summed E-state index contributed by atoms with van der Waals surface area (Å²) in [4.78, 5) is 0.223. The van der Waals surface area contributed by atoms with Gasteiger partial charge in [-0.3, -0.25) is 0 Å². The van der Waals surface area contributed by atoms with Crippen LogP contribution in [0.5, 0.6) is 0 Å². The Balaban J connectivity index is 2.35. The third-order valence-corrected chi connectivity index (χ3v) is 11.1. The van der Waals surface area contributed by atoms with E-state index in [1.807, 2.05) is 37.3 Å². The summed E-state index contributed by atoms with van der Waals surface area (Å²) in [6.45, 7) is 6.22. The molecule has 0 saturated carbocycles. The Kier molecular flexibility index (Phi) is 8.31. The Bertz CT molecular complexity index is 812. The second kappa shape index (κ2) is 10.2. The predicted molar refractivity (Wildman–Crippen MR) is 117 cm³/mol. The minimum absolute atomic E-state index is 0.223. The molecule has 26 heavy (non-hydrogen) atoms. The molecule has 0 aliphatic carbocycles. The Morgan fingerprint density at radius 3 is 2.27 bits per heavy atom. The van der Waals surface area contributed by atoms with Crippen molar-refractivity contribution >= 4 is 30.4 Å². The van der Waals surface area contributed by atoms with E-state index in [0.717, 1.165) is 34.8 Å². The van der Waals surface area contributed by atoms with E-state index in [1.54, 1.807) is 24.3 Å². The van der Waals surface area contributed by atoms with E-state index in [4.69, 9.17) is 2.51 Å². The van der Waals surface area contributed by atoms with Crippen LogP contribution in [-0.2, 0) is 12.6 Å². The normalized spacial score (nSPS) is 12.9. The fourth-order valence-electron chi connectivity index (χ4n) is 2.34. The molecule has 0 heterocycles. The van der Waals surface area contributed by atoms with Gasteiger partial charge in [0, 0.05) is 0 Å². The molecule has 0 aliphatic heterocycles. The molecule has 0 aromatic heterocycles. The van der Waals surface area contributed by atoms with Crippen LogP contribution in [-0.4, -0.2) is 8.42 Å². The van der Waals surface area contributed by atoms with Crippen LogP contribution in [0.2, 0.25) is 0 Å².